The number of oxazole rings is 1. The summed E-state index contributed by atoms with van der Waals surface area (Å²) in [5.41, 5.74) is 4.33. The maximum atomic E-state index is 12.5. The summed E-state index contributed by atoms with van der Waals surface area (Å²) in [4.78, 5) is 25.6. The molecular weight excluding hydrogens is 376 g/mol. The first kappa shape index (κ1) is 17.8. The number of nitrogens with zero attached hydrogens (tertiary/aromatic N) is 3. The fourth-order valence-corrected chi connectivity index (χ4v) is 3.08. The number of carbonyl (C=O) groups excluding carboxylic acids is 1. The molecule has 1 N–H and O–H groups in total. The van der Waals surface area contributed by atoms with Gasteiger partial charge in [-0.25, -0.2) is 15.0 Å². The van der Waals surface area contributed by atoms with Gasteiger partial charge >= 0.3 is 0 Å². The number of aromatic nitrogens is 3. The monoisotopic (exact) mass is 392 g/mol. The number of hydrogen-bond donors (Lipinski definition) is 1. The van der Waals surface area contributed by atoms with Crippen molar-refractivity contribution in [2.45, 2.75) is 0 Å². The summed E-state index contributed by atoms with van der Waals surface area (Å²) < 4.78 is 5.78. The molecule has 0 atom stereocenters. The van der Waals surface area contributed by atoms with E-state index in [0.29, 0.717) is 23.0 Å². The van der Waals surface area contributed by atoms with Gasteiger partial charge in [-0.2, -0.15) is 0 Å². The normalized spacial score (nSPS) is 10.8. The first-order chi connectivity index (χ1) is 14.8. The molecule has 6 heteroatoms. The molecule has 2 aromatic heterocycles. The minimum atomic E-state index is -0.274. The van der Waals surface area contributed by atoms with Gasteiger partial charge in [-0.15, -0.1) is 0 Å². The average molecular weight is 392 g/mol. The Morgan fingerprint density at radius 2 is 1.47 bits per heavy atom. The molecule has 2 heterocycles. The van der Waals surface area contributed by atoms with Crippen LogP contribution in [0.2, 0.25) is 0 Å². The second-order valence-electron chi connectivity index (χ2n) is 6.68. The van der Waals surface area contributed by atoms with Gasteiger partial charge in [0, 0.05) is 29.2 Å². The third kappa shape index (κ3) is 3.54. The van der Waals surface area contributed by atoms with Crippen molar-refractivity contribution in [3.8, 4) is 22.8 Å². The van der Waals surface area contributed by atoms with Crippen molar-refractivity contribution in [1.29, 1.82) is 0 Å². The number of anilines is 1. The number of carbonyl (C=O) groups is 1. The van der Waals surface area contributed by atoms with Gasteiger partial charge in [-0.05, 0) is 36.4 Å². The van der Waals surface area contributed by atoms with E-state index in [9.17, 15) is 4.79 Å². The van der Waals surface area contributed by atoms with Gasteiger partial charge in [0.15, 0.2) is 11.4 Å². The lowest BCUT2D eigenvalue weighted by Gasteiger charge is -2.06. The molecule has 0 saturated heterocycles. The van der Waals surface area contributed by atoms with Crippen LogP contribution in [0.4, 0.5) is 5.69 Å². The van der Waals surface area contributed by atoms with Crippen LogP contribution < -0.4 is 5.32 Å². The van der Waals surface area contributed by atoms with Crippen LogP contribution in [0.3, 0.4) is 0 Å². The average Bonchev–Trinajstić information content (AvgIpc) is 3.25. The number of hydrogen-bond acceptors (Lipinski definition) is 5. The van der Waals surface area contributed by atoms with E-state index in [-0.39, 0.29) is 5.91 Å². The summed E-state index contributed by atoms with van der Waals surface area (Å²) in [6.45, 7) is 0. The van der Waals surface area contributed by atoms with Crippen LogP contribution in [0.1, 0.15) is 10.4 Å². The van der Waals surface area contributed by atoms with Crippen molar-refractivity contribution in [2.75, 3.05) is 5.32 Å². The van der Waals surface area contributed by atoms with Crippen LogP contribution >= 0.6 is 0 Å². The van der Waals surface area contributed by atoms with E-state index in [1.807, 2.05) is 66.7 Å². The highest BCUT2D eigenvalue weighted by Crippen LogP contribution is 2.25. The topological polar surface area (TPSA) is 80.9 Å². The SMILES string of the molecule is O=C(Nc1ccc(-c2nc3ccccc3o2)cc1)c1cnc(-c2ccccc2)nc1. The van der Waals surface area contributed by atoms with Crippen LogP contribution in [0.25, 0.3) is 33.9 Å². The molecule has 3 aromatic carbocycles. The summed E-state index contributed by atoms with van der Waals surface area (Å²) >= 11 is 0. The summed E-state index contributed by atoms with van der Waals surface area (Å²) in [7, 11) is 0. The molecule has 0 radical (unpaired) electrons. The molecule has 30 heavy (non-hydrogen) atoms. The number of nitrogens with one attached hydrogen (secondary N) is 1. The number of benzene rings is 3. The van der Waals surface area contributed by atoms with Gasteiger partial charge in [0.1, 0.15) is 5.52 Å². The highest BCUT2D eigenvalue weighted by Gasteiger charge is 2.11. The molecule has 144 valence electrons. The summed E-state index contributed by atoms with van der Waals surface area (Å²) in [6.07, 6.45) is 3.05. The van der Waals surface area contributed by atoms with Crippen LogP contribution in [-0.4, -0.2) is 20.9 Å². The molecule has 0 unspecified atom stereocenters. The second kappa shape index (κ2) is 7.60. The van der Waals surface area contributed by atoms with E-state index in [4.69, 9.17) is 4.42 Å². The smallest absolute Gasteiger partial charge is 0.258 e. The van der Waals surface area contributed by atoms with Gasteiger partial charge in [0.2, 0.25) is 5.89 Å². The fraction of sp³-hybridized carbons (Fsp3) is 0. The summed E-state index contributed by atoms with van der Waals surface area (Å²) in [6, 6.07) is 24.6. The summed E-state index contributed by atoms with van der Waals surface area (Å²) in [5.74, 6) is 0.845. The van der Waals surface area contributed by atoms with Gasteiger partial charge in [-0.3, -0.25) is 4.79 Å². The fourth-order valence-electron chi connectivity index (χ4n) is 3.08. The third-order valence-corrected chi connectivity index (χ3v) is 4.63. The van der Waals surface area contributed by atoms with Crippen LogP contribution in [0.5, 0.6) is 0 Å². The van der Waals surface area contributed by atoms with Gasteiger partial charge in [-0.1, -0.05) is 42.5 Å². The molecule has 5 aromatic rings. The first-order valence-electron chi connectivity index (χ1n) is 9.41. The Kier molecular flexibility index (Phi) is 4.50. The predicted octanol–water partition coefficient (Wildman–Crippen LogP) is 5.20. The third-order valence-electron chi connectivity index (χ3n) is 4.63. The van der Waals surface area contributed by atoms with Crippen molar-refractivity contribution in [1.82, 2.24) is 15.0 Å². The van der Waals surface area contributed by atoms with Crippen LogP contribution in [0, 0.1) is 0 Å². The molecule has 0 bridgehead atoms. The molecular formula is C24H16N4O2. The second-order valence-corrected chi connectivity index (χ2v) is 6.68. The maximum Gasteiger partial charge on any atom is 0.258 e. The molecule has 5 rings (SSSR count). The van der Waals surface area contributed by atoms with Crippen LogP contribution in [-0.2, 0) is 0 Å². The van der Waals surface area contributed by atoms with E-state index in [0.717, 1.165) is 22.2 Å². The Labute approximate surface area is 172 Å². The zero-order valence-corrected chi connectivity index (χ0v) is 15.8. The standard InChI is InChI=1S/C24H16N4O2/c29-23(18-14-25-22(26-15-18)16-6-2-1-3-7-16)27-19-12-10-17(11-13-19)24-28-20-8-4-5-9-21(20)30-24/h1-15H,(H,27,29). The van der Waals surface area contributed by atoms with Crippen molar-refractivity contribution in [2.24, 2.45) is 0 Å². The lowest BCUT2D eigenvalue weighted by atomic mass is 10.2. The molecule has 0 saturated carbocycles. The van der Waals surface area contributed by atoms with E-state index < -0.39 is 0 Å². The van der Waals surface area contributed by atoms with Crippen molar-refractivity contribution < 1.29 is 9.21 Å². The molecule has 6 nitrogen and oxygen atoms in total. The number of fused-ring (bicyclic) bond motifs is 1. The molecule has 0 spiro atoms. The first-order valence-corrected chi connectivity index (χ1v) is 9.41. The van der Waals surface area contributed by atoms with Gasteiger partial charge in [0.25, 0.3) is 5.91 Å². The Morgan fingerprint density at radius 3 is 2.20 bits per heavy atom. The Bertz CT molecular complexity index is 1280. The van der Waals surface area contributed by atoms with E-state index in [2.05, 4.69) is 20.3 Å². The Balaban J connectivity index is 1.30. The van der Waals surface area contributed by atoms with Crippen molar-refractivity contribution in [3.63, 3.8) is 0 Å². The summed E-state index contributed by atoms with van der Waals surface area (Å²) in [5, 5.41) is 2.85. The molecule has 0 fully saturated rings. The number of amides is 1. The molecule has 0 aliphatic heterocycles. The van der Waals surface area contributed by atoms with E-state index in [1.54, 1.807) is 12.1 Å². The minimum absolute atomic E-state index is 0.274. The Morgan fingerprint density at radius 1 is 0.767 bits per heavy atom. The zero-order valence-electron chi connectivity index (χ0n) is 15.8. The highest BCUT2D eigenvalue weighted by molar-refractivity contribution is 6.04. The highest BCUT2D eigenvalue weighted by atomic mass is 16.3. The van der Waals surface area contributed by atoms with Crippen LogP contribution in [0.15, 0.2) is 95.7 Å². The molecule has 0 aliphatic rings. The van der Waals surface area contributed by atoms with Crippen molar-refractivity contribution in [3.05, 3.63) is 96.8 Å². The maximum absolute atomic E-state index is 12.5. The number of rotatable bonds is 4. The lowest BCUT2D eigenvalue weighted by Crippen LogP contribution is -2.12. The quantitative estimate of drug-likeness (QED) is 0.454. The lowest BCUT2D eigenvalue weighted by molar-refractivity contribution is 0.102. The van der Waals surface area contributed by atoms with Gasteiger partial charge in [0.05, 0.1) is 5.56 Å². The van der Waals surface area contributed by atoms with Gasteiger partial charge < -0.3 is 9.73 Å². The van der Waals surface area contributed by atoms with E-state index >= 15 is 0 Å². The molecule has 1 amide bonds. The largest absolute Gasteiger partial charge is 0.436 e. The Hall–Kier alpha value is -4.32. The number of para-hydroxylation sites is 2. The van der Waals surface area contributed by atoms with E-state index in [1.165, 1.54) is 12.4 Å². The molecule has 0 aliphatic carbocycles. The minimum Gasteiger partial charge on any atom is -0.436 e. The van der Waals surface area contributed by atoms with Crippen molar-refractivity contribution >= 4 is 22.7 Å². The predicted molar refractivity (Wildman–Crippen MR) is 115 cm³/mol. The zero-order chi connectivity index (χ0) is 20.3.